The highest BCUT2D eigenvalue weighted by Crippen LogP contribution is 1.78. The zero-order valence-corrected chi connectivity index (χ0v) is 7.50. The van der Waals surface area contributed by atoms with E-state index in [1.165, 1.54) is 11.0 Å². The number of hydrogen-bond acceptors (Lipinski definition) is 6. The van der Waals surface area contributed by atoms with Gasteiger partial charge in [-0.1, -0.05) is 5.11 Å². The molecule has 0 spiro atoms. The molecule has 0 unspecified atom stereocenters. The van der Waals surface area contributed by atoms with Crippen LogP contribution in [0.4, 0.5) is 0 Å². The predicted molar refractivity (Wildman–Crippen MR) is 46.9 cm³/mol. The van der Waals surface area contributed by atoms with Gasteiger partial charge in [-0.25, -0.2) is 0 Å². The Hall–Kier alpha value is -2.55. The minimum Gasteiger partial charge on any atom is -0.356 e. The summed E-state index contributed by atoms with van der Waals surface area (Å²) in [6.45, 7) is 0.937. The molecule has 0 aliphatic carbocycles. The summed E-state index contributed by atoms with van der Waals surface area (Å²) in [4.78, 5) is 10.9. The molecule has 15 heavy (non-hydrogen) atoms. The van der Waals surface area contributed by atoms with Crippen LogP contribution in [0.1, 0.15) is 0 Å². The van der Waals surface area contributed by atoms with Crippen molar-refractivity contribution in [3.05, 3.63) is 38.4 Å². The van der Waals surface area contributed by atoms with Crippen LogP contribution in [0.25, 0.3) is 10.4 Å². The maximum absolute atomic E-state index is 8.25. The maximum atomic E-state index is 8.25. The fourth-order valence-electron chi connectivity index (χ4n) is 0.647. The molecule has 1 rings (SSSR count). The van der Waals surface area contributed by atoms with E-state index in [0.29, 0.717) is 13.1 Å². The number of nitrogen functional groups attached to an aromatic ring is 1. The van der Waals surface area contributed by atoms with Crippen molar-refractivity contribution >= 4 is 0 Å². The summed E-state index contributed by atoms with van der Waals surface area (Å²) in [5.74, 6) is 5.31. The second-order valence-electron chi connectivity index (χ2n) is 2.13. The van der Waals surface area contributed by atoms with E-state index in [2.05, 4.69) is 15.1 Å². The van der Waals surface area contributed by atoms with Crippen LogP contribution in [-0.2, 0) is 6.54 Å². The van der Waals surface area contributed by atoms with Crippen molar-refractivity contribution in [2.45, 2.75) is 6.54 Å². The van der Waals surface area contributed by atoms with Gasteiger partial charge in [-0.05, 0) is 5.53 Å². The summed E-state index contributed by atoms with van der Waals surface area (Å²) in [7, 11) is 0. The first-order valence-corrected chi connectivity index (χ1v) is 3.57. The number of nitrogens with zero attached hydrogens (tertiary/aromatic N) is 7. The van der Waals surface area contributed by atoms with Crippen LogP contribution in [-0.4, -0.2) is 21.4 Å². The number of nitrogens with two attached hydrogens (primary N) is 1. The summed E-state index contributed by atoms with van der Waals surface area (Å²) in [6, 6.07) is 0. The summed E-state index contributed by atoms with van der Waals surface area (Å²) in [5.41, 5.74) is 7.95. The van der Waals surface area contributed by atoms with Crippen molar-refractivity contribution in [1.82, 2.24) is 9.78 Å². The first-order chi connectivity index (χ1) is 7.06. The highest BCUT2D eigenvalue weighted by Gasteiger charge is 1.99. The van der Waals surface area contributed by atoms with Crippen LogP contribution in [0.15, 0.2) is 17.8 Å². The fourth-order valence-corrected chi connectivity index (χ4v) is 0.647. The molecule has 0 saturated heterocycles. The zero-order valence-electron chi connectivity index (χ0n) is 7.50. The molecule has 1 aromatic rings. The van der Waals surface area contributed by atoms with Crippen LogP contribution in [0.5, 0.6) is 0 Å². The SMILES string of the molecule is O=[N+]([O-])[O-].[N-]=[N+]=NCCn1c[n+](N)cn1. The topological polar surface area (TPSA) is 163 Å². The third-order valence-corrected chi connectivity index (χ3v) is 1.09. The van der Waals surface area contributed by atoms with Gasteiger partial charge >= 0.3 is 0 Å². The molecule has 1 heterocycles. The quantitative estimate of drug-likeness (QED) is 0.129. The highest BCUT2D eigenvalue weighted by atomic mass is 16.9. The predicted octanol–water partition coefficient (Wildman–Crippen LogP) is -1.04. The van der Waals surface area contributed by atoms with E-state index < -0.39 is 5.09 Å². The van der Waals surface area contributed by atoms with Gasteiger partial charge in [0.2, 0.25) is 6.33 Å². The third kappa shape index (κ3) is 7.80. The van der Waals surface area contributed by atoms with Crippen LogP contribution in [0.2, 0.25) is 0 Å². The average molecular weight is 216 g/mol. The van der Waals surface area contributed by atoms with Gasteiger partial charge in [0.25, 0.3) is 6.33 Å². The largest absolute Gasteiger partial charge is 0.356 e. The number of azide groups is 1. The van der Waals surface area contributed by atoms with Crippen LogP contribution in [0.3, 0.4) is 0 Å². The minimum atomic E-state index is -1.75. The summed E-state index contributed by atoms with van der Waals surface area (Å²) in [6.07, 6.45) is 3.07. The number of hydrogen-bond donors (Lipinski definition) is 1. The van der Waals surface area contributed by atoms with Crippen molar-refractivity contribution in [3.63, 3.8) is 0 Å². The second kappa shape index (κ2) is 6.91. The molecule has 1 aromatic heterocycles. The Bertz CT molecular complexity index is 351. The van der Waals surface area contributed by atoms with Gasteiger partial charge in [-0.3, -0.25) is 5.84 Å². The summed E-state index contributed by atoms with van der Waals surface area (Å²) < 4.78 is 2.92. The normalized spacial score (nSPS) is 8.27. The van der Waals surface area contributed by atoms with Crippen LogP contribution in [0, 0.1) is 15.3 Å². The Balaban J connectivity index is 0.000000423. The van der Waals surface area contributed by atoms with Crippen molar-refractivity contribution in [2.75, 3.05) is 12.4 Å². The maximum Gasteiger partial charge on any atom is 0.286 e. The first-order valence-electron chi connectivity index (χ1n) is 3.57. The molecule has 82 valence electrons. The van der Waals surface area contributed by atoms with E-state index in [1.807, 2.05) is 0 Å². The van der Waals surface area contributed by atoms with E-state index in [4.69, 9.17) is 26.7 Å². The molecule has 0 aliphatic rings. The smallest absolute Gasteiger partial charge is 0.286 e. The molecule has 11 heteroatoms. The zero-order chi connectivity index (χ0) is 11.7. The molecule has 0 aromatic carbocycles. The molecular formula is C4H8N8O3. The summed E-state index contributed by atoms with van der Waals surface area (Å²) in [5, 5.41) is 22.0. The Morgan fingerprint density at radius 1 is 1.73 bits per heavy atom. The molecule has 11 nitrogen and oxygen atoms in total. The molecule has 0 radical (unpaired) electrons. The van der Waals surface area contributed by atoms with Crippen molar-refractivity contribution < 1.29 is 9.76 Å². The Morgan fingerprint density at radius 2 is 2.33 bits per heavy atom. The molecule has 0 saturated carbocycles. The standard InChI is InChI=1S/C4H8N7.NO3/c5-9-7-1-2-11-4-10(6)3-8-11;2-1(3)4/h3-4H,1-2,6H2;/q+1;-1. The first kappa shape index (κ1) is 12.4. The van der Waals surface area contributed by atoms with E-state index in [1.54, 1.807) is 11.0 Å². The molecule has 0 bridgehead atoms. The third-order valence-electron chi connectivity index (χ3n) is 1.09. The Kier molecular flexibility index (Phi) is 5.74. The molecule has 2 N–H and O–H groups in total. The van der Waals surface area contributed by atoms with Crippen LogP contribution >= 0.6 is 0 Å². The van der Waals surface area contributed by atoms with Gasteiger partial charge in [-0.15, -0.1) is 9.36 Å². The van der Waals surface area contributed by atoms with Gasteiger partial charge in [0.05, 0.1) is 11.6 Å². The van der Waals surface area contributed by atoms with E-state index in [9.17, 15) is 0 Å². The van der Waals surface area contributed by atoms with Crippen molar-refractivity contribution in [1.29, 1.82) is 0 Å². The minimum absolute atomic E-state index is 0.387. The van der Waals surface area contributed by atoms with Crippen LogP contribution < -0.4 is 10.5 Å². The molecule has 0 fully saturated rings. The van der Waals surface area contributed by atoms with E-state index >= 15 is 0 Å². The lowest BCUT2D eigenvalue weighted by atomic mass is 10.7. The van der Waals surface area contributed by atoms with Gasteiger partial charge in [0.15, 0.2) is 0 Å². The number of aromatic nitrogens is 3. The lowest BCUT2D eigenvalue weighted by Gasteiger charge is -1.83. The Morgan fingerprint density at radius 3 is 2.73 bits per heavy atom. The average Bonchev–Trinajstić information content (AvgIpc) is 2.51. The fraction of sp³-hybridized carbons (Fsp3) is 0.500. The molecule has 0 amide bonds. The van der Waals surface area contributed by atoms with Crippen molar-refractivity contribution in [2.24, 2.45) is 5.11 Å². The summed E-state index contributed by atoms with van der Waals surface area (Å²) >= 11 is 0. The van der Waals surface area contributed by atoms with Gasteiger partial charge in [-0.2, -0.15) is 0 Å². The lowest BCUT2D eigenvalue weighted by Crippen LogP contribution is -2.42. The number of rotatable bonds is 3. The van der Waals surface area contributed by atoms with Gasteiger partial charge < -0.3 is 15.3 Å². The Labute approximate surface area is 83.0 Å². The van der Waals surface area contributed by atoms with E-state index in [-0.39, 0.29) is 0 Å². The van der Waals surface area contributed by atoms with Crippen molar-refractivity contribution in [3.8, 4) is 0 Å². The molecular weight excluding hydrogens is 208 g/mol. The van der Waals surface area contributed by atoms with Gasteiger partial charge in [0, 0.05) is 10.0 Å². The van der Waals surface area contributed by atoms with E-state index in [0.717, 1.165) is 0 Å². The highest BCUT2D eigenvalue weighted by molar-refractivity contribution is 4.50. The van der Waals surface area contributed by atoms with Gasteiger partial charge in [0.1, 0.15) is 6.54 Å². The molecule has 0 aliphatic heterocycles. The molecule has 0 atom stereocenters. The second-order valence-corrected chi connectivity index (χ2v) is 2.13. The lowest BCUT2D eigenvalue weighted by molar-refractivity contribution is -0.639. The monoisotopic (exact) mass is 216 g/mol.